The van der Waals surface area contributed by atoms with Crippen molar-refractivity contribution in [3.8, 4) is 11.1 Å². The van der Waals surface area contributed by atoms with E-state index < -0.39 is 17.4 Å². The van der Waals surface area contributed by atoms with E-state index in [4.69, 9.17) is 0 Å². The quantitative estimate of drug-likeness (QED) is 0.774. The Morgan fingerprint density at radius 3 is 2.69 bits per heavy atom. The highest BCUT2D eigenvalue weighted by atomic mass is 19.4. The number of anilines is 1. The fraction of sp³-hybridized carbons (Fsp3) is 0.278. The van der Waals surface area contributed by atoms with Gasteiger partial charge in [0.2, 0.25) is 5.95 Å². The number of alkyl halides is 3. The van der Waals surface area contributed by atoms with Crippen LogP contribution in [0.15, 0.2) is 41.5 Å². The minimum atomic E-state index is -4.67. The van der Waals surface area contributed by atoms with E-state index in [-0.39, 0.29) is 17.1 Å². The molecule has 3 aromatic heterocycles. The third kappa shape index (κ3) is 2.71. The predicted octanol–water partition coefficient (Wildman–Crippen LogP) is 3.69. The van der Waals surface area contributed by atoms with Crippen molar-refractivity contribution in [2.75, 3.05) is 12.4 Å². The molecule has 4 rings (SSSR count). The summed E-state index contributed by atoms with van der Waals surface area (Å²) in [6.07, 6.45) is 0.210. The number of fused-ring (bicyclic) bond motifs is 1. The zero-order valence-electron chi connectivity index (χ0n) is 13.8. The van der Waals surface area contributed by atoms with Gasteiger partial charge in [0.25, 0.3) is 5.56 Å². The van der Waals surface area contributed by atoms with Gasteiger partial charge in [0, 0.05) is 25.0 Å². The highest BCUT2D eigenvalue weighted by Crippen LogP contribution is 2.41. The minimum absolute atomic E-state index is 0.0908. The molecule has 0 bridgehead atoms. The topological polar surface area (TPSA) is 59.3 Å². The van der Waals surface area contributed by atoms with Crippen LogP contribution in [0.2, 0.25) is 0 Å². The smallest absolute Gasteiger partial charge is 0.358 e. The van der Waals surface area contributed by atoms with E-state index in [0.29, 0.717) is 11.4 Å². The SMILES string of the molecule is CNc1nc(=O)c(-c2cccnc2C(F)(F)F)c2cc(C3CC3)ccn12. The number of pyridine rings is 2. The molecule has 0 aliphatic heterocycles. The van der Waals surface area contributed by atoms with E-state index in [1.807, 2.05) is 6.07 Å². The summed E-state index contributed by atoms with van der Waals surface area (Å²) in [5, 5.41) is 2.81. The average molecular weight is 360 g/mol. The lowest BCUT2D eigenvalue weighted by molar-refractivity contribution is -0.140. The Balaban J connectivity index is 2.09. The summed E-state index contributed by atoms with van der Waals surface area (Å²) in [5.74, 6) is 0.665. The molecule has 1 aliphatic rings. The molecule has 0 unspecified atom stereocenters. The van der Waals surface area contributed by atoms with Gasteiger partial charge in [-0.25, -0.2) is 0 Å². The molecule has 26 heavy (non-hydrogen) atoms. The lowest BCUT2D eigenvalue weighted by atomic mass is 10.0. The van der Waals surface area contributed by atoms with Gasteiger partial charge in [-0.3, -0.25) is 14.2 Å². The maximum atomic E-state index is 13.4. The molecule has 134 valence electrons. The highest BCUT2D eigenvalue weighted by Gasteiger charge is 2.36. The lowest BCUT2D eigenvalue weighted by Gasteiger charge is -2.15. The van der Waals surface area contributed by atoms with Crippen LogP contribution in [-0.2, 0) is 6.18 Å². The summed E-state index contributed by atoms with van der Waals surface area (Å²) in [6, 6.07) is 6.34. The van der Waals surface area contributed by atoms with Crippen molar-refractivity contribution < 1.29 is 13.2 Å². The molecular weight excluding hydrogens is 345 g/mol. The van der Waals surface area contributed by atoms with Crippen LogP contribution in [0.25, 0.3) is 16.6 Å². The van der Waals surface area contributed by atoms with Crippen LogP contribution >= 0.6 is 0 Å². The molecular formula is C18H15F3N4O. The molecule has 0 spiro atoms. The molecule has 3 heterocycles. The first-order chi connectivity index (χ1) is 12.4. The third-order valence-corrected chi connectivity index (χ3v) is 4.50. The summed E-state index contributed by atoms with van der Waals surface area (Å²) in [7, 11) is 1.61. The van der Waals surface area contributed by atoms with Gasteiger partial charge in [0.1, 0.15) is 0 Å². The fourth-order valence-corrected chi connectivity index (χ4v) is 3.14. The zero-order chi connectivity index (χ0) is 18.5. The maximum absolute atomic E-state index is 13.4. The van der Waals surface area contributed by atoms with E-state index in [1.54, 1.807) is 23.7 Å². The number of aromatic nitrogens is 3. The van der Waals surface area contributed by atoms with Crippen molar-refractivity contribution in [3.05, 3.63) is 58.3 Å². The molecule has 1 aliphatic carbocycles. The molecule has 0 saturated heterocycles. The van der Waals surface area contributed by atoms with E-state index in [1.165, 1.54) is 12.1 Å². The minimum Gasteiger partial charge on any atom is -0.358 e. The van der Waals surface area contributed by atoms with E-state index in [0.717, 1.165) is 24.6 Å². The maximum Gasteiger partial charge on any atom is 0.433 e. The molecule has 1 N–H and O–H groups in total. The Bertz CT molecular complexity index is 1050. The van der Waals surface area contributed by atoms with E-state index in [9.17, 15) is 18.0 Å². The van der Waals surface area contributed by atoms with Crippen LogP contribution in [0.4, 0.5) is 19.1 Å². The van der Waals surface area contributed by atoms with E-state index in [2.05, 4.69) is 15.3 Å². The Labute approximate surface area is 146 Å². The van der Waals surface area contributed by atoms with Crippen molar-refractivity contribution in [2.45, 2.75) is 24.9 Å². The first-order valence-electron chi connectivity index (χ1n) is 8.17. The molecule has 1 fully saturated rings. The van der Waals surface area contributed by atoms with Gasteiger partial charge in [0.15, 0.2) is 5.69 Å². The monoisotopic (exact) mass is 360 g/mol. The van der Waals surface area contributed by atoms with Crippen LogP contribution in [0.3, 0.4) is 0 Å². The molecule has 5 nitrogen and oxygen atoms in total. The number of hydrogen-bond donors (Lipinski definition) is 1. The third-order valence-electron chi connectivity index (χ3n) is 4.50. The van der Waals surface area contributed by atoms with E-state index >= 15 is 0 Å². The van der Waals surface area contributed by atoms with Crippen molar-refractivity contribution in [3.63, 3.8) is 0 Å². The van der Waals surface area contributed by atoms with Crippen molar-refractivity contribution >= 4 is 11.5 Å². The Hall–Kier alpha value is -2.90. The summed E-state index contributed by atoms with van der Waals surface area (Å²) in [5.41, 5.74) is -0.762. The summed E-state index contributed by atoms with van der Waals surface area (Å²) in [4.78, 5) is 20.0. The molecule has 0 atom stereocenters. The molecule has 1 saturated carbocycles. The van der Waals surface area contributed by atoms with Gasteiger partial charge < -0.3 is 5.32 Å². The van der Waals surface area contributed by atoms with Gasteiger partial charge >= 0.3 is 6.18 Å². The Morgan fingerprint density at radius 1 is 1.27 bits per heavy atom. The van der Waals surface area contributed by atoms with Gasteiger partial charge in [-0.1, -0.05) is 6.07 Å². The standard InChI is InChI=1S/C18H15F3N4O/c1-22-17-24-16(26)14(12-3-2-7-23-15(12)18(19,20)21)13-9-11(10-4-5-10)6-8-25(13)17/h2-3,6-10H,4-5H2,1H3,(H,22,24,26). The Morgan fingerprint density at radius 2 is 2.04 bits per heavy atom. The average Bonchev–Trinajstić information content (AvgIpc) is 3.45. The second-order valence-corrected chi connectivity index (χ2v) is 6.25. The number of nitrogens with zero attached hydrogens (tertiary/aromatic N) is 3. The normalized spacial score (nSPS) is 14.6. The summed E-state index contributed by atoms with van der Waals surface area (Å²) >= 11 is 0. The zero-order valence-corrected chi connectivity index (χ0v) is 13.8. The second-order valence-electron chi connectivity index (χ2n) is 6.25. The first kappa shape index (κ1) is 16.6. The highest BCUT2D eigenvalue weighted by molar-refractivity contribution is 5.82. The number of rotatable bonds is 3. The van der Waals surface area contributed by atoms with Crippen LogP contribution in [0.5, 0.6) is 0 Å². The largest absolute Gasteiger partial charge is 0.433 e. The number of hydrogen-bond acceptors (Lipinski definition) is 4. The van der Waals surface area contributed by atoms with Crippen LogP contribution in [0, 0.1) is 0 Å². The van der Waals surface area contributed by atoms with Crippen molar-refractivity contribution in [2.24, 2.45) is 0 Å². The van der Waals surface area contributed by atoms with Gasteiger partial charge in [-0.15, -0.1) is 0 Å². The number of nitrogens with one attached hydrogen (secondary N) is 1. The van der Waals surface area contributed by atoms with Crippen LogP contribution in [-0.4, -0.2) is 21.4 Å². The molecule has 0 radical (unpaired) electrons. The van der Waals surface area contributed by atoms with Gasteiger partial charge in [-0.2, -0.15) is 18.2 Å². The van der Waals surface area contributed by atoms with Crippen LogP contribution in [0.1, 0.15) is 30.0 Å². The van der Waals surface area contributed by atoms with Crippen molar-refractivity contribution in [1.29, 1.82) is 0 Å². The molecule has 0 aromatic carbocycles. The van der Waals surface area contributed by atoms with Crippen LogP contribution < -0.4 is 10.9 Å². The fourth-order valence-electron chi connectivity index (χ4n) is 3.14. The summed E-state index contributed by atoms with van der Waals surface area (Å²) < 4.78 is 41.9. The predicted molar refractivity (Wildman–Crippen MR) is 91.2 cm³/mol. The molecule has 0 amide bonds. The Kier molecular flexibility index (Phi) is 3.71. The lowest BCUT2D eigenvalue weighted by Crippen LogP contribution is -2.19. The van der Waals surface area contributed by atoms with Gasteiger partial charge in [-0.05, 0) is 42.5 Å². The molecule has 3 aromatic rings. The number of halogens is 3. The molecule has 8 heteroatoms. The summed E-state index contributed by atoms with van der Waals surface area (Å²) in [6.45, 7) is 0. The van der Waals surface area contributed by atoms with Gasteiger partial charge in [0.05, 0.1) is 11.1 Å². The first-order valence-corrected chi connectivity index (χ1v) is 8.17. The van der Waals surface area contributed by atoms with Crippen molar-refractivity contribution in [1.82, 2.24) is 14.4 Å². The second kappa shape index (κ2) is 5.82.